The van der Waals surface area contributed by atoms with Crippen LogP contribution >= 0.6 is 11.3 Å². The standard InChI is InChI=1S/C15H17NO3S2/c1-3-15(17)13-5-4-6-14(9-13)21(18,19)16(2)10-12-7-8-20-11-12/h4-9,11H,3,10H2,1-2H3. The molecule has 0 saturated heterocycles. The number of carbonyl (C=O) groups excluding carboxylic acids is 1. The van der Waals surface area contributed by atoms with Crippen LogP contribution < -0.4 is 0 Å². The fraction of sp³-hybridized carbons (Fsp3) is 0.267. The molecule has 0 amide bonds. The van der Waals surface area contributed by atoms with E-state index in [4.69, 9.17) is 0 Å². The topological polar surface area (TPSA) is 54.5 Å². The van der Waals surface area contributed by atoms with Crippen LogP contribution in [0.4, 0.5) is 0 Å². The minimum absolute atomic E-state index is 0.0625. The average Bonchev–Trinajstić information content (AvgIpc) is 2.99. The number of sulfonamides is 1. The highest BCUT2D eigenvalue weighted by Crippen LogP contribution is 2.19. The summed E-state index contributed by atoms with van der Waals surface area (Å²) in [5.74, 6) is -0.0625. The van der Waals surface area contributed by atoms with Crippen molar-refractivity contribution in [3.8, 4) is 0 Å². The van der Waals surface area contributed by atoms with E-state index in [0.717, 1.165) is 5.56 Å². The van der Waals surface area contributed by atoms with Crippen LogP contribution in [0.3, 0.4) is 0 Å². The van der Waals surface area contributed by atoms with Crippen LogP contribution in [0.2, 0.25) is 0 Å². The average molecular weight is 323 g/mol. The van der Waals surface area contributed by atoms with E-state index in [1.165, 1.54) is 27.8 Å². The maximum Gasteiger partial charge on any atom is 0.243 e. The van der Waals surface area contributed by atoms with Crippen LogP contribution in [0, 0.1) is 0 Å². The number of hydrogen-bond donors (Lipinski definition) is 0. The molecule has 2 aromatic rings. The molecule has 0 unspecified atom stereocenters. The minimum atomic E-state index is -3.59. The van der Waals surface area contributed by atoms with Gasteiger partial charge < -0.3 is 0 Å². The lowest BCUT2D eigenvalue weighted by atomic mass is 10.1. The molecule has 1 heterocycles. The number of hydrogen-bond acceptors (Lipinski definition) is 4. The molecule has 0 aliphatic carbocycles. The first-order chi connectivity index (χ1) is 9.95. The molecule has 2 rings (SSSR count). The van der Waals surface area contributed by atoms with Gasteiger partial charge in [-0.2, -0.15) is 15.6 Å². The SMILES string of the molecule is CCC(=O)c1cccc(S(=O)(=O)N(C)Cc2ccsc2)c1. The molecule has 1 aromatic carbocycles. The molecule has 0 aliphatic rings. The van der Waals surface area contributed by atoms with Crippen molar-refractivity contribution in [2.75, 3.05) is 7.05 Å². The summed E-state index contributed by atoms with van der Waals surface area (Å²) in [6.45, 7) is 2.07. The molecular weight excluding hydrogens is 306 g/mol. The van der Waals surface area contributed by atoms with Gasteiger partial charge in [-0.25, -0.2) is 8.42 Å². The van der Waals surface area contributed by atoms with Gasteiger partial charge in [0.1, 0.15) is 0 Å². The van der Waals surface area contributed by atoms with Gasteiger partial charge in [-0.3, -0.25) is 4.79 Å². The van der Waals surface area contributed by atoms with Gasteiger partial charge in [-0.15, -0.1) is 0 Å². The quantitative estimate of drug-likeness (QED) is 0.767. The predicted molar refractivity (Wildman–Crippen MR) is 84.0 cm³/mol. The van der Waals surface area contributed by atoms with Crippen molar-refractivity contribution in [1.29, 1.82) is 0 Å². The Balaban J connectivity index is 2.28. The molecule has 6 heteroatoms. The summed E-state index contributed by atoms with van der Waals surface area (Å²) < 4.78 is 26.4. The predicted octanol–water partition coefficient (Wildman–Crippen LogP) is 3.16. The molecule has 0 fully saturated rings. The lowest BCUT2D eigenvalue weighted by Gasteiger charge is -2.17. The van der Waals surface area contributed by atoms with Crippen molar-refractivity contribution in [2.45, 2.75) is 24.8 Å². The van der Waals surface area contributed by atoms with Crippen LogP contribution in [0.25, 0.3) is 0 Å². The van der Waals surface area contributed by atoms with Crippen molar-refractivity contribution in [2.24, 2.45) is 0 Å². The van der Waals surface area contributed by atoms with E-state index in [-0.39, 0.29) is 10.7 Å². The molecule has 0 atom stereocenters. The van der Waals surface area contributed by atoms with Crippen LogP contribution in [0.5, 0.6) is 0 Å². The number of benzene rings is 1. The fourth-order valence-electron chi connectivity index (χ4n) is 1.94. The number of Topliss-reactive ketones (excluding diaryl/α,β-unsaturated/α-hetero) is 1. The third-order valence-corrected chi connectivity index (χ3v) is 5.70. The maximum absolute atomic E-state index is 12.5. The number of thiophene rings is 1. The highest BCUT2D eigenvalue weighted by atomic mass is 32.2. The van der Waals surface area contributed by atoms with Crippen molar-refractivity contribution in [1.82, 2.24) is 4.31 Å². The molecule has 112 valence electrons. The molecule has 0 aliphatic heterocycles. The van der Waals surface area contributed by atoms with Gasteiger partial charge >= 0.3 is 0 Å². The normalized spacial score (nSPS) is 11.8. The Morgan fingerprint density at radius 2 is 2.05 bits per heavy atom. The number of nitrogens with zero attached hydrogens (tertiary/aromatic N) is 1. The second kappa shape index (κ2) is 6.51. The lowest BCUT2D eigenvalue weighted by Crippen LogP contribution is -2.26. The third kappa shape index (κ3) is 3.58. The van der Waals surface area contributed by atoms with Gasteiger partial charge in [0.2, 0.25) is 10.0 Å². The van der Waals surface area contributed by atoms with E-state index >= 15 is 0 Å². The van der Waals surface area contributed by atoms with Crippen molar-refractivity contribution in [3.63, 3.8) is 0 Å². The summed E-state index contributed by atoms with van der Waals surface area (Å²) in [5.41, 5.74) is 1.38. The van der Waals surface area contributed by atoms with E-state index in [1.54, 1.807) is 26.1 Å². The fourth-order valence-corrected chi connectivity index (χ4v) is 3.80. The summed E-state index contributed by atoms with van der Waals surface area (Å²) in [5, 5.41) is 3.83. The Hall–Kier alpha value is -1.50. The zero-order chi connectivity index (χ0) is 15.5. The zero-order valence-corrected chi connectivity index (χ0v) is 13.6. The highest BCUT2D eigenvalue weighted by Gasteiger charge is 2.21. The summed E-state index contributed by atoms with van der Waals surface area (Å²) in [7, 11) is -2.05. The Morgan fingerprint density at radius 3 is 2.67 bits per heavy atom. The first-order valence-corrected chi connectivity index (χ1v) is 8.94. The van der Waals surface area contributed by atoms with Gasteiger partial charge in [0.05, 0.1) is 4.90 Å². The summed E-state index contributed by atoms with van der Waals surface area (Å²) >= 11 is 1.53. The van der Waals surface area contributed by atoms with E-state index in [1.807, 2.05) is 16.8 Å². The van der Waals surface area contributed by atoms with E-state index < -0.39 is 10.0 Å². The summed E-state index contributed by atoms with van der Waals surface area (Å²) in [4.78, 5) is 11.9. The van der Waals surface area contributed by atoms with Crippen LogP contribution in [-0.4, -0.2) is 25.6 Å². The highest BCUT2D eigenvalue weighted by molar-refractivity contribution is 7.89. The maximum atomic E-state index is 12.5. The zero-order valence-electron chi connectivity index (χ0n) is 11.9. The van der Waals surface area contributed by atoms with E-state index in [9.17, 15) is 13.2 Å². The minimum Gasteiger partial charge on any atom is -0.294 e. The first kappa shape index (κ1) is 15.9. The molecule has 0 spiro atoms. The third-order valence-electron chi connectivity index (χ3n) is 3.17. The molecule has 0 N–H and O–H groups in total. The molecule has 21 heavy (non-hydrogen) atoms. The van der Waals surface area contributed by atoms with Gasteiger partial charge in [-0.05, 0) is 34.5 Å². The molecule has 0 saturated carbocycles. The van der Waals surface area contributed by atoms with Crippen molar-refractivity contribution >= 4 is 27.1 Å². The van der Waals surface area contributed by atoms with Crippen LogP contribution in [0.15, 0.2) is 46.0 Å². The second-order valence-corrected chi connectivity index (χ2v) is 7.52. The Labute approximate surface area is 129 Å². The molecule has 4 nitrogen and oxygen atoms in total. The van der Waals surface area contributed by atoms with E-state index in [0.29, 0.717) is 18.5 Å². The van der Waals surface area contributed by atoms with Crippen LogP contribution in [0.1, 0.15) is 29.3 Å². The molecule has 1 aromatic heterocycles. The van der Waals surface area contributed by atoms with Gasteiger partial charge in [0.25, 0.3) is 0 Å². The molecule has 0 bridgehead atoms. The van der Waals surface area contributed by atoms with Gasteiger partial charge in [0.15, 0.2) is 5.78 Å². The van der Waals surface area contributed by atoms with Gasteiger partial charge in [-0.1, -0.05) is 19.1 Å². The first-order valence-electron chi connectivity index (χ1n) is 6.56. The van der Waals surface area contributed by atoms with E-state index in [2.05, 4.69) is 0 Å². The second-order valence-electron chi connectivity index (χ2n) is 4.70. The Morgan fingerprint density at radius 1 is 1.29 bits per heavy atom. The largest absolute Gasteiger partial charge is 0.294 e. The monoisotopic (exact) mass is 323 g/mol. The van der Waals surface area contributed by atoms with Crippen molar-refractivity contribution in [3.05, 3.63) is 52.2 Å². The number of rotatable bonds is 6. The number of carbonyl (C=O) groups is 1. The Kier molecular flexibility index (Phi) is 4.92. The Bertz CT molecular complexity index is 721. The number of ketones is 1. The van der Waals surface area contributed by atoms with Crippen LogP contribution in [-0.2, 0) is 16.6 Å². The molecule has 0 radical (unpaired) electrons. The summed E-state index contributed by atoms with van der Waals surface area (Å²) in [6, 6.07) is 8.11. The lowest BCUT2D eigenvalue weighted by molar-refractivity contribution is 0.0988. The smallest absolute Gasteiger partial charge is 0.243 e. The molecular formula is C15H17NO3S2. The van der Waals surface area contributed by atoms with Crippen molar-refractivity contribution < 1.29 is 13.2 Å². The van der Waals surface area contributed by atoms with Gasteiger partial charge in [0, 0.05) is 25.6 Å². The summed E-state index contributed by atoms with van der Waals surface area (Å²) in [6.07, 6.45) is 0.355.